The first-order valence-electron chi connectivity index (χ1n) is 7.94. The number of pyridine rings is 1. The summed E-state index contributed by atoms with van der Waals surface area (Å²) < 4.78 is 0. The first kappa shape index (κ1) is 15.2. The molecule has 1 aromatic rings. The molecule has 3 N–H and O–H groups in total. The number of nitrogens with one attached hydrogen (secondary N) is 2. The average molecular weight is 304 g/mol. The van der Waals surface area contributed by atoms with Crippen LogP contribution in [0.25, 0.3) is 0 Å². The molecule has 2 fully saturated rings. The van der Waals surface area contributed by atoms with Crippen LogP contribution in [0.1, 0.15) is 25.3 Å². The third kappa shape index (κ3) is 3.23. The van der Waals surface area contributed by atoms with Crippen molar-refractivity contribution in [1.29, 1.82) is 0 Å². The Morgan fingerprint density at radius 2 is 2.41 bits per heavy atom. The zero-order chi connectivity index (χ0) is 15.6. The van der Waals surface area contributed by atoms with Gasteiger partial charge in [0, 0.05) is 45.2 Å². The van der Waals surface area contributed by atoms with Gasteiger partial charge in [-0.2, -0.15) is 0 Å². The lowest BCUT2D eigenvalue weighted by Crippen LogP contribution is -2.59. The topological polar surface area (TPSA) is 77.5 Å². The Kier molecular flexibility index (Phi) is 4.31. The fourth-order valence-corrected chi connectivity index (χ4v) is 3.37. The van der Waals surface area contributed by atoms with E-state index in [9.17, 15) is 9.90 Å². The number of rotatable bonds is 3. The van der Waals surface area contributed by atoms with Crippen LogP contribution in [0.5, 0.6) is 0 Å². The van der Waals surface area contributed by atoms with Gasteiger partial charge in [-0.05, 0) is 31.0 Å². The summed E-state index contributed by atoms with van der Waals surface area (Å²) in [4.78, 5) is 17.7. The van der Waals surface area contributed by atoms with Gasteiger partial charge >= 0.3 is 0 Å². The van der Waals surface area contributed by atoms with Crippen molar-refractivity contribution in [3.63, 3.8) is 0 Å². The summed E-state index contributed by atoms with van der Waals surface area (Å²) in [5, 5.41) is 16.8. The third-order valence-electron chi connectivity index (χ3n) is 4.82. The van der Waals surface area contributed by atoms with Crippen LogP contribution in [-0.4, -0.2) is 47.8 Å². The van der Waals surface area contributed by atoms with Gasteiger partial charge in [-0.3, -0.25) is 4.79 Å². The monoisotopic (exact) mass is 304 g/mol. The smallest absolute Gasteiger partial charge is 0.217 e. The maximum Gasteiger partial charge on any atom is 0.217 e. The zero-order valence-corrected chi connectivity index (χ0v) is 13.0. The first-order chi connectivity index (χ1) is 10.6. The number of amides is 1. The molecule has 1 aromatic heterocycles. The van der Waals surface area contributed by atoms with E-state index in [1.807, 2.05) is 18.3 Å². The molecule has 1 amide bonds. The van der Waals surface area contributed by atoms with Crippen LogP contribution in [0.2, 0.25) is 0 Å². The molecule has 0 bridgehead atoms. The molecule has 2 atom stereocenters. The summed E-state index contributed by atoms with van der Waals surface area (Å²) >= 11 is 0. The van der Waals surface area contributed by atoms with E-state index in [4.69, 9.17) is 0 Å². The maximum atomic E-state index is 10.9. The van der Waals surface area contributed by atoms with Gasteiger partial charge in [0.2, 0.25) is 5.91 Å². The molecular formula is C16H24N4O2. The van der Waals surface area contributed by atoms with E-state index >= 15 is 0 Å². The number of nitrogens with zero attached hydrogens (tertiary/aromatic N) is 2. The Hall–Kier alpha value is -1.66. The van der Waals surface area contributed by atoms with Crippen molar-refractivity contribution in [3.8, 4) is 0 Å². The number of hydrogen-bond acceptors (Lipinski definition) is 5. The number of aromatic nitrogens is 1. The fraction of sp³-hybridized carbons (Fsp3) is 0.625. The molecule has 3 rings (SSSR count). The molecule has 0 radical (unpaired) electrons. The SMILES string of the molecule is CC(=O)NCc1ccc(N2CC[C@@]3(O)CCNC[C@H]3C2)nc1. The van der Waals surface area contributed by atoms with Crippen molar-refractivity contribution >= 4 is 11.7 Å². The first-order valence-corrected chi connectivity index (χ1v) is 7.94. The molecule has 6 heteroatoms. The highest BCUT2D eigenvalue weighted by Gasteiger charge is 2.43. The van der Waals surface area contributed by atoms with Crippen molar-refractivity contribution in [2.24, 2.45) is 5.92 Å². The van der Waals surface area contributed by atoms with Crippen molar-refractivity contribution in [2.45, 2.75) is 31.9 Å². The number of fused-ring (bicyclic) bond motifs is 1. The van der Waals surface area contributed by atoms with E-state index < -0.39 is 5.60 Å². The largest absolute Gasteiger partial charge is 0.389 e. The van der Waals surface area contributed by atoms with Crippen LogP contribution in [-0.2, 0) is 11.3 Å². The standard InChI is InChI=1S/C16H24N4O2/c1-12(21)18-8-13-2-3-15(19-9-13)20-7-5-16(22)4-6-17-10-14(16)11-20/h2-3,9,14,17,22H,4-8,10-11H2,1H3,(H,18,21)/t14-,16-/m0/s1. The van der Waals surface area contributed by atoms with Gasteiger partial charge in [-0.1, -0.05) is 6.07 Å². The second-order valence-electron chi connectivity index (χ2n) is 6.39. The van der Waals surface area contributed by atoms with Gasteiger partial charge in [0.05, 0.1) is 5.60 Å². The second kappa shape index (κ2) is 6.22. The summed E-state index contributed by atoms with van der Waals surface area (Å²) in [6.07, 6.45) is 3.45. The molecule has 120 valence electrons. The number of hydrogen-bond donors (Lipinski definition) is 3. The molecule has 22 heavy (non-hydrogen) atoms. The van der Waals surface area contributed by atoms with Crippen LogP contribution in [0.3, 0.4) is 0 Å². The number of piperidine rings is 2. The van der Waals surface area contributed by atoms with E-state index in [2.05, 4.69) is 20.5 Å². The lowest BCUT2D eigenvalue weighted by molar-refractivity contribution is -0.119. The highest BCUT2D eigenvalue weighted by molar-refractivity contribution is 5.72. The molecular weight excluding hydrogens is 280 g/mol. The Bertz CT molecular complexity index is 533. The molecule has 2 aliphatic heterocycles. The molecule has 0 spiro atoms. The molecule has 3 heterocycles. The van der Waals surface area contributed by atoms with Crippen molar-refractivity contribution < 1.29 is 9.90 Å². The Balaban J connectivity index is 1.63. The van der Waals surface area contributed by atoms with Crippen molar-refractivity contribution in [3.05, 3.63) is 23.9 Å². The molecule has 0 unspecified atom stereocenters. The molecule has 2 saturated heterocycles. The summed E-state index contributed by atoms with van der Waals surface area (Å²) in [5.41, 5.74) is 0.486. The maximum absolute atomic E-state index is 10.9. The zero-order valence-electron chi connectivity index (χ0n) is 13.0. The molecule has 0 aliphatic carbocycles. The number of carbonyl (C=O) groups excluding carboxylic acids is 1. The van der Waals surface area contributed by atoms with Gasteiger partial charge in [-0.25, -0.2) is 4.98 Å². The normalized spacial score (nSPS) is 28.1. The Labute approximate surface area is 130 Å². The van der Waals surface area contributed by atoms with E-state index in [0.29, 0.717) is 6.54 Å². The minimum absolute atomic E-state index is 0.0378. The summed E-state index contributed by atoms with van der Waals surface area (Å²) in [5.74, 6) is 1.17. The second-order valence-corrected chi connectivity index (χ2v) is 6.39. The van der Waals surface area contributed by atoms with E-state index in [0.717, 1.165) is 50.4 Å². The highest BCUT2D eigenvalue weighted by atomic mass is 16.3. The third-order valence-corrected chi connectivity index (χ3v) is 4.82. The lowest BCUT2D eigenvalue weighted by Gasteiger charge is -2.47. The van der Waals surface area contributed by atoms with Gasteiger partial charge < -0.3 is 20.6 Å². The van der Waals surface area contributed by atoms with Crippen LogP contribution in [0.15, 0.2) is 18.3 Å². The van der Waals surface area contributed by atoms with Gasteiger partial charge in [-0.15, -0.1) is 0 Å². The molecule has 0 saturated carbocycles. The molecule has 6 nitrogen and oxygen atoms in total. The predicted molar refractivity (Wildman–Crippen MR) is 84.5 cm³/mol. The summed E-state index contributed by atoms with van der Waals surface area (Å²) in [6.45, 7) is 5.47. The summed E-state index contributed by atoms with van der Waals surface area (Å²) in [6, 6.07) is 4.00. The number of aliphatic hydroxyl groups is 1. The van der Waals surface area contributed by atoms with Crippen LogP contribution in [0.4, 0.5) is 5.82 Å². The Morgan fingerprint density at radius 3 is 3.14 bits per heavy atom. The van der Waals surface area contributed by atoms with Gasteiger partial charge in [0.15, 0.2) is 0 Å². The lowest BCUT2D eigenvalue weighted by atomic mass is 9.76. The minimum Gasteiger partial charge on any atom is -0.389 e. The van der Waals surface area contributed by atoms with Crippen LogP contribution < -0.4 is 15.5 Å². The van der Waals surface area contributed by atoms with Crippen molar-refractivity contribution in [1.82, 2.24) is 15.6 Å². The van der Waals surface area contributed by atoms with Crippen LogP contribution in [0, 0.1) is 5.92 Å². The average Bonchev–Trinajstić information content (AvgIpc) is 2.52. The molecule has 0 aromatic carbocycles. The van der Waals surface area contributed by atoms with Gasteiger partial charge in [0.1, 0.15) is 5.82 Å². The fourth-order valence-electron chi connectivity index (χ4n) is 3.37. The highest BCUT2D eigenvalue weighted by Crippen LogP contribution is 2.34. The van der Waals surface area contributed by atoms with E-state index in [1.165, 1.54) is 6.92 Å². The van der Waals surface area contributed by atoms with Crippen molar-refractivity contribution in [2.75, 3.05) is 31.1 Å². The number of anilines is 1. The number of carbonyl (C=O) groups is 1. The van der Waals surface area contributed by atoms with Crippen LogP contribution >= 0.6 is 0 Å². The quantitative estimate of drug-likeness (QED) is 0.747. The van der Waals surface area contributed by atoms with Gasteiger partial charge in [0.25, 0.3) is 0 Å². The van der Waals surface area contributed by atoms with E-state index in [1.54, 1.807) is 0 Å². The molecule has 2 aliphatic rings. The minimum atomic E-state index is -0.507. The Morgan fingerprint density at radius 1 is 1.55 bits per heavy atom. The predicted octanol–water partition coefficient (Wildman–Crippen LogP) is 0.268. The summed E-state index contributed by atoms with van der Waals surface area (Å²) in [7, 11) is 0. The van der Waals surface area contributed by atoms with E-state index in [-0.39, 0.29) is 11.8 Å².